The van der Waals surface area contributed by atoms with E-state index < -0.39 is 45.3 Å². The van der Waals surface area contributed by atoms with Crippen LogP contribution < -0.4 is 33.2 Å². The molecule has 0 amide bonds. The van der Waals surface area contributed by atoms with Gasteiger partial charge in [0.15, 0.2) is 81.3 Å². The van der Waals surface area contributed by atoms with E-state index in [1.165, 1.54) is 16.7 Å². The molecule has 0 spiro atoms. The topological polar surface area (TPSA) is 372 Å². The molecule has 0 atom stereocenters. The summed E-state index contributed by atoms with van der Waals surface area (Å²) in [5.41, 5.74) is 31.3. The number of nitrogens with two attached hydrogens (primary N) is 3. The third-order valence-electron chi connectivity index (χ3n) is 15.8. The largest absolute Gasteiger partial charge is 0.382 e. The van der Waals surface area contributed by atoms with Crippen LogP contribution in [-0.4, -0.2) is 108 Å². The molecule has 27 heteroatoms. The molecule has 0 radical (unpaired) electrons. The Balaban J connectivity index is 0.000000161. The quantitative estimate of drug-likeness (QED) is 0.0389. The smallest absolute Gasteiger partial charge is 0.189 e. The highest BCUT2D eigenvalue weighted by molar-refractivity contribution is 7.92. The number of nitrogens with zero attached hydrogens (tertiary/aromatic N) is 9. The van der Waals surface area contributed by atoms with Crippen molar-refractivity contribution in [1.82, 2.24) is 61.3 Å². The predicted octanol–water partition coefficient (Wildman–Crippen LogP) is 11.8. The number of benzene rings is 6. The van der Waals surface area contributed by atoms with Crippen molar-refractivity contribution < 1.29 is 38.8 Å². The van der Waals surface area contributed by atoms with Crippen molar-refractivity contribution >= 4 is 47.0 Å². The van der Waals surface area contributed by atoms with Gasteiger partial charge in [-0.25, -0.2) is 55.2 Å². The summed E-state index contributed by atoms with van der Waals surface area (Å²) in [6.45, 7) is 12.3. The van der Waals surface area contributed by atoms with E-state index in [-0.39, 0.29) is 32.1 Å². The summed E-state index contributed by atoms with van der Waals surface area (Å²) in [5.74, 6) is 1.83. The van der Waals surface area contributed by atoms with Gasteiger partial charge in [-0.05, 0) is 116 Å². The van der Waals surface area contributed by atoms with Crippen LogP contribution in [0.5, 0.6) is 0 Å². The Morgan fingerprint density at radius 1 is 0.333 bits per heavy atom. The van der Waals surface area contributed by atoms with Crippen LogP contribution in [-0.2, 0) is 49.1 Å². The van der Waals surface area contributed by atoms with E-state index in [4.69, 9.17) is 30.8 Å². The van der Waals surface area contributed by atoms with Crippen molar-refractivity contribution in [2.75, 3.05) is 38.3 Å². The molecule has 0 saturated carbocycles. The van der Waals surface area contributed by atoms with Crippen LogP contribution in [0.1, 0.15) is 58.2 Å². The van der Waals surface area contributed by atoms with Gasteiger partial charge in [-0.1, -0.05) is 125 Å². The molecule has 0 aliphatic rings. The minimum absolute atomic E-state index is 0.213. The summed E-state index contributed by atoms with van der Waals surface area (Å²) in [6.07, 6.45) is 4.63. The molecule has 0 aliphatic carbocycles. The lowest BCUT2D eigenvalue weighted by Crippen LogP contribution is -2.13. The van der Waals surface area contributed by atoms with Crippen LogP contribution >= 0.6 is 0 Å². The van der Waals surface area contributed by atoms with Gasteiger partial charge in [-0.3, -0.25) is 0 Å². The number of aromatic nitrogens is 9. The van der Waals surface area contributed by atoms with Crippen molar-refractivity contribution in [3.05, 3.63) is 199 Å². The molecule has 0 unspecified atom stereocenters. The second-order valence-electron chi connectivity index (χ2n) is 23.7. The molecule has 6 aromatic carbocycles. The highest BCUT2D eigenvalue weighted by atomic mass is 32.2. The van der Waals surface area contributed by atoms with Crippen molar-refractivity contribution in [3.63, 3.8) is 0 Å². The third kappa shape index (κ3) is 16.5. The predicted molar refractivity (Wildman–Crippen MR) is 384 cm³/mol. The molecule has 9 N–H and O–H groups in total. The summed E-state index contributed by atoms with van der Waals surface area (Å²) in [4.78, 5) is 27.4. The number of nitrogen functional groups attached to an aromatic ring is 3. The molecule has 12 rings (SSSR count). The van der Waals surface area contributed by atoms with E-state index in [2.05, 4.69) is 61.3 Å². The number of hydrogen-bond acceptors (Lipinski definition) is 24. The van der Waals surface area contributed by atoms with E-state index >= 15 is 0 Å². The molecule has 6 heterocycles. The maximum Gasteiger partial charge on any atom is 0.189 e. The maximum absolute atomic E-state index is 12.4. The zero-order valence-corrected chi connectivity index (χ0v) is 58.3. The first-order valence-electron chi connectivity index (χ1n) is 31.4. The molecular weight excluding hydrogens is 1320 g/mol. The van der Waals surface area contributed by atoms with Crippen molar-refractivity contribution in [3.8, 4) is 102 Å². The van der Waals surface area contributed by atoms with Crippen molar-refractivity contribution in [1.29, 1.82) is 0 Å². The Bertz CT molecular complexity index is 4600. The maximum atomic E-state index is 12.4. The van der Waals surface area contributed by atoms with Crippen LogP contribution in [0.2, 0.25) is 0 Å². The fourth-order valence-electron chi connectivity index (χ4n) is 9.98. The summed E-state index contributed by atoms with van der Waals surface area (Å²) in [7, 11) is -4.33. The van der Waals surface area contributed by atoms with Gasteiger partial charge in [0, 0.05) is 71.2 Å². The SMILES string of the molecule is CNCc1ccc(-c2cc(-c3nc(-c4ccc(S(=O)(=O)C(C)C)cc4)cnc3N)on2)cc1.CNCc1ccc(-c2cc(-c3nc(-c4ccc(S(=O)(=O)C(C)C)cc4)cnc3N)on2)cc1.CNCc1ccc(-c2cc(-c3nc(-c4ccc(S(=O)(=O)C(C)C)cc4)cnc3N)on2)cc1. The fourth-order valence-corrected chi connectivity index (χ4v) is 13.2. The lowest BCUT2D eigenvalue weighted by molar-refractivity contribution is 0.433. The number of anilines is 3. The fraction of sp³-hybridized carbons (Fsp3) is 0.208. The van der Waals surface area contributed by atoms with Gasteiger partial charge < -0.3 is 46.7 Å². The van der Waals surface area contributed by atoms with Gasteiger partial charge in [0.25, 0.3) is 0 Å². The summed E-state index contributed by atoms with van der Waals surface area (Å²) in [6, 6.07) is 49.0. The van der Waals surface area contributed by atoms with Gasteiger partial charge in [-0.2, -0.15) is 0 Å². The zero-order valence-electron chi connectivity index (χ0n) is 55.8. The molecule has 0 aliphatic heterocycles. The monoisotopic (exact) mass is 1390 g/mol. The van der Waals surface area contributed by atoms with Crippen LogP contribution in [0, 0.1) is 0 Å². The normalized spacial score (nSPS) is 11.8. The molecular formula is C72H75N15O9S3. The molecule has 6 aromatic heterocycles. The molecule has 12 aromatic rings. The summed E-state index contributed by atoms with van der Waals surface area (Å²) >= 11 is 0. The lowest BCUT2D eigenvalue weighted by Gasteiger charge is -2.09. The van der Waals surface area contributed by atoms with E-state index in [0.29, 0.717) is 85.2 Å². The molecule has 0 saturated heterocycles. The highest BCUT2D eigenvalue weighted by Gasteiger charge is 2.24. The van der Waals surface area contributed by atoms with Gasteiger partial charge in [0.1, 0.15) is 17.1 Å². The minimum Gasteiger partial charge on any atom is -0.382 e. The second kappa shape index (κ2) is 30.8. The standard InChI is InChI=1S/3C24H25N5O3S/c3*1-15(2)33(30,31)19-10-8-18(9-11-19)21-14-27-24(25)23(28-21)22-12-20(29-32-22)17-6-4-16(5-7-17)13-26-3/h3*4-12,14-15,26H,13H2,1-3H3,(H2,25,27). The number of rotatable bonds is 21. The molecule has 24 nitrogen and oxygen atoms in total. The number of hydrogen-bond donors (Lipinski definition) is 6. The average molecular weight is 1390 g/mol. The van der Waals surface area contributed by atoms with E-state index in [1.807, 2.05) is 93.9 Å². The molecule has 0 bridgehead atoms. The Hall–Kier alpha value is -10.7. The van der Waals surface area contributed by atoms with Crippen LogP contribution in [0.4, 0.5) is 17.5 Å². The first kappa shape index (κ1) is 71.1. The summed E-state index contributed by atoms with van der Waals surface area (Å²) < 4.78 is 90.8. The van der Waals surface area contributed by atoms with Crippen molar-refractivity contribution in [2.24, 2.45) is 0 Å². The summed E-state index contributed by atoms with van der Waals surface area (Å²) in [5, 5.41) is 20.3. The van der Waals surface area contributed by atoms with Gasteiger partial charge in [0.05, 0.1) is 66.1 Å². The number of sulfone groups is 3. The van der Waals surface area contributed by atoms with Gasteiger partial charge >= 0.3 is 0 Å². The molecule has 0 fully saturated rings. The molecule has 99 heavy (non-hydrogen) atoms. The van der Waals surface area contributed by atoms with Gasteiger partial charge in [-0.15, -0.1) is 0 Å². The first-order valence-corrected chi connectivity index (χ1v) is 36.1. The zero-order chi connectivity index (χ0) is 70.8. The minimum atomic E-state index is -3.35. The van der Waals surface area contributed by atoms with Crippen molar-refractivity contribution in [2.45, 2.75) is 91.6 Å². The van der Waals surface area contributed by atoms with E-state index in [9.17, 15) is 25.3 Å². The Labute approximate surface area is 574 Å². The Morgan fingerprint density at radius 2 is 0.545 bits per heavy atom. The lowest BCUT2D eigenvalue weighted by atomic mass is 10.1. The van der Waals surface area contributed by atoms with E-state index in [1.54, 1.807) is 151 Å². The Kier molecular flexibility index (Phi) is 22.1. The molecule has 510 valence electrons. The van der Waals surface area contributed by atoms with Gasteiger partial charge in [0.2, 0.25) is 0 Å². The third-order valence-corrected chi connectivity index (χ3v) is 22.3. The van der Waals surface area contributed by atoms with Crippen LogP contribution in [0.3, 0.4) is 0 Å². The van der Waals surface area contributed by atoms with Crippen LogP contribution in [0.15, 0.2) is 211 Å². The highest BCUT2D eigenvalue weighted by Crippen LogP contribution is 2.35. The Morgan fingerprint density at radius 3 is 0.758 bits per heavy atom. The van der Waals surface area contributed by atoms with Crippen LogP contribution in [0.25, 0.3) is 102 Å². The average Bonchev–Trinajstić information content (AvgIpc) is 1.78. The first-order chi connectivity index (χ1) is 47.4. The second-order valence-corrected chi connectivity index (χ2v) is 31.2. The number of nitrogens with one attached hydrogen (secondary N) is 3. The van der Waals surface area contributed by atoms with E-state index in [0.717, 1.165) is 36.3 Å².